The van der Waals surface area contributed by atoms with Gasteiger partial charge in [-0.1, -0.05) is 29.3 Å². The number of hydrogen-bond acceptors (Lipinski definition) is 3. The molecule has 1 aliphatic rings. The Bertz CT molecular complexity index is 1070. The predicted octanol–water partition coefficient (Wildman–Crippen LogP) is 5.03. The molecule has 1 N–H and O–H groups in total. The maximum absolute atomic E-state index is 13.9. The van der Waals surface area contributed by atoms with Crippen molar-refractivity contribution in [3.05, 3.63) is 63.3 Å². The molecule has 0 radical (unpaired) electrons. The van der Waals surface area contributed by atoms with E-state index in [2.05, 4.69) is 15.5 Å². The number of carbonyl (C=O) groups is 1. The third-order valence-electron chi connectivity index (χ3n) is 4.71. The molecule has 0 saturated heterocycles. The molecule has 0 aliphatic heterocycles. The van der Waals surface area contributed by atoms with Gasteiger partial charge in [-0.3, -0.25) is 14.2 Å². The van der Waals surface area contributed by atoms with Crippen LogP contribution in [0.25, 0.3) is 0 Å². The first-order chi connectivity index (χ1) is 14.3. The van der Waals surface area contributed by atoms with Crippen LogP contribution in [0.5, 0.6) is 0 Å². The fourth-order valence-corrected chi connectivity index (χ4v) is 3.75. The van der Waals surface area contributed by atoms with Gasteiger partial charge in [0.2, 0.25) is 5.91 Å². The molecule has 2 heterocycles. The molecule has 3 aromatic rings. The zero-order chi connectivity index (χ0) is 21.4. The first-order valence-electron chi connectivity index (χ1n) is 9.14. The minimum Gasteiger partial charge on any atom is -0.308 e. The standard InChI is InChI=1S/C19H16Cl2F3N5O/c20-12-2-1-3-13(22)11(12)8-28-7-6-14(26-28)25-15(30)9-29-18(10-4-5-10)16(21)17(27-29)19(23)24/h1-3,6-7,10,19H,4-5,8-9H2,(H,25,26,30). The summed E-state index contributed by atoms with van der Waals surface area (Å²) >= 11 is 12.1. The highest BCUT2D eigenvalue weighted by molar-refractivity contribution is 6.32. The van der Waals surface area contributed by atoms with E-state index in [0.29, 0.717) is 5.69 Å². The molecule has 30 heavy (non-hydrogen) atoms. The van der Waals surface area contributed by atoms with E-state index in [1.807, 2.05) is 0 Å². The van der Waals surface area contributed by atoms with Crippen LogP contribution in [0.3, 0.4) is 0 Å². The van der Waals surface area contributed by atoms with Crippen LogP contribution in [0, 0.1) is 5.82 Å². The molecule has 1 aromatic carbocycles. The highest BCUT2D eigenvalue weighted by Gasteiger charge is 2.34. The van der Waals surface area contributed by atoms with Gasteiger partial charge in [-0.2, -0.15) is 10.2 Å². The molecule has 1 saturated carbocycles. The highest BCUT2D eigenvalue weighted by atomic mass is 35.5. The van der Waals surface area contributed by atoms with Crippen molar-refractivity contribution in [1.29, 1.82) is 0 Å². The fourth-order valence-electron chi connectivity index (χ4n) is 3.16. The summed E-state index contributed by atoms with van der Waals surface area (Å²) in [5, 5.41) is 10.8. The lowest BCUT2D eigenvalue weighted by atomic mass is 10.2. The average Bonchev–Trinajstić information content (AvgIpc) is 3.33. The van der Waals surface area contributed by atoms with Gasteiger partial charge in [0, 0.05) is 28.8 Å². The van der Waals surface area contributed by atoms with Crippen molar-refractivity contribution in [3.63, 3.8) is 0 Å². The number of rotatable bonds is 7. The first kappa shape index (κ1) is 20.7. The third kappa shape index (κ3) is 4.32. The van der Waals surface area contributed by atoms with Gasteiger partial charge in [-0.05, 0) is 25.0 Å². The topological polar surface area (TPSA) is 64.7 Å². The molecular weight excluding hydrogens is 442 g/mol. The molecule has 0 bridgehead atoms. The number of alkyl halides is 2. The molecule has 4 rings (SSSR count). The summed E-state index contributed by atoms with van der Waals surface area (Å²) in [6, 6.07) is 5.92. The van der Waals surface area contributed by atoms with Gasteiger partial charge in [0.15, 0.2) is 5.82 Å². The van der Waals surface area contributed by atoms with Crippen LogP contribution in [-0.4, -0.2) is 25.5 Å². The van der Waals surface area contributed by atoms with E-state index in [-0.39, 0.29) is 40.4 Å². The number of nitrogens with one attached hydrogen (secondary N) is 1. The molecule has 2 aromatic heterocycles. The van der Waals surface area contributed by atoms with Crippen LogP contribution in [0.15, 0.2) is 30.5 Å². The number of amides is 1. The Kier molecular flexibility index (Phi) is 5.75. The van der Waals surface area contributed by atoms with Gasteiger partial charge in [0.1, 0.15) is 18.1 Å². The molecule has 0 spiro atoms. The summed E-state index contributed by atoms with van der Waals surface area (Å²) < 4.78 is 42.8. The Morgan fingerprint density at radius 1 is 1.23 bits per heavy atom. The molecule has 1 fully saturated rings. The van der Waals surface area contributed by atoms with E-state index in [1.165, 1.54) is 27.6 Å². The number of hydrogen-bond donors (Lipinski definition) is 1. The second kappa shape index (κ2) is 8.31. The molecular formula is C19H16Cl2F3N5O. The van der Waals surface area contributed by atoms with Crippen LogP contribution in [0.4, 0.5) is 19.0 Å². The summed E-state index contributed by atoms with van der Waals surface area (Å²) in [7, 11) is 0. The van der Waals surface area contributed by atoms with Crippen molar-refractivity contribution in [2.75, 3.05) is 5.32 Å². The van der Waals surface area contributed by atoms with E-state index in [0.717, 1.165) is 12.8 Å². The van der Waals surface area contributed by atoms with Crippen molar-refractivity contribution >= 4 is 34.9 Å². The van der Waals surface area contributed by atoms with Gasteiger partial charge >= 0.3 is 0 Å². The monoisotopic (exact) mass is 457 g/mol. The molecule has 158 valence electrons. The highest BCUT2D eigenvalue weighted by Crippen LogP contribution is 2.45. The molecule has 11 heteroatoms. The first-order valence-corrected chi connectivity index (χ1v) is 9.89. The normalized spacial score (nSPS) is 13.8. The maximum Gasteiger partial charge on any atom is 0.283 e. The third-order valence-corrected chi connectivity index (χ3v) is 5.45. The van der Waals surface area contributed by atoms with Crippen molar-refractivity contribution in [2.45, 2.75) is 38.3 Å². The number of anilines is 1. The molecule has 1 amide bonds. The number of carbonyl (C=O) groups excluding carboxylic acids is 1. The van der Waals surface area contributed by atoms with Gasteiger partial charge < -0.3 is 5.32 Å². The summed E-state index contributed by atoms with van der Waals surface area (Å²) in [6.07, 6.45) is 0.380. The molecule has 0 unspecified atom stereocenters. The summed E-state index contributed by atoms with van der Waals surface area (Å²) in [5.74, 6) is -0.685. The molecule has 0 atom stereocenters. The van der Waals surface area contributed by atoms with Crippen molar-refractivity contribution in [3.8, 4) is 0 Å². The van der Waals surface area contributed by atoms with E-state index in [1.54, 1.807) is 12.3 Å². The lowest BCUT2D eigenvalue weighted by molar-refractivity contribution is -0.117. The summed E-state index contributed by atoms with van der Waals surface area (Å²) in [6.45, 7) is -0.190. The van der Waals surface area contributed by atoms with E-state index in [9.17, 15) is 18.0 Å². The lowest BCUT2D eigenvalue weighted by Gasteiger charge is -2.07. The van der Waals surface area contributed by atoms with Gasteiger partial charge in [0.25, 0.3) is 6.43 Å². The van der Waals surface area contributed by atoms with Crippen molar-refractivity contribution in [2.24, 2.45) is 0 Å². The van der Waals surface area contributed by atoms with Gasteiger partial charge in [-0.25, -0.2) is 13.2 Å². The van der Waals surface area contributed by atoms with Crippen LogP contribution in [0.1, 0.15) is 42.1 Å². The minimum atomic E-state index is -2.82. The lowest BCUT2D eigenvalue weighted by Crippen LogP contribution is -2.21. The fraction of sp³-hybridized carbons (Fsp3) is 0.316. The SMILES string of the molecule is O=C(Cn1nc(C(F)F)c(Cl)c1C1CC1)Nc1ccn(Cc2c(F)cccc2Cl)n1. The summed E-state index contributed by atoms with van der Waals surface area (Å²) in [4.78, 5) is 12.4. The van der Waals surface area contributed by atoms with E-state index in [4.69, 9.17) is 23.2 Å². The zero-order valence-corrected chi connectivity index (χ0v) is 17.0. The Hall–Kier alpha value is -2.52. The Morgan fingerprint density at radius 2 is 2.00 bits per heavy atom. The van der Waals surface area contributed by atoms with Crippen LogP contribution >= 0.6 is 23.2 Å². The predicted molar refractivity (Wildman–Crippen MR) is 106 cm³/mol. The van der Waals surface area contributed by atoms with Crippen molar-refractivity contribution < 1.29 is 18.0 Å². The van der Waals surface area contributed by atoms with E-state index >= 15 is 0 Å². The largest absolute Gasteiger partial charge is 0.308 e. The zero-order valence-electron chi connectivity index (χ0n) is 15.5. The average molecular weight is 458 g/mol. The van der Waals surface area contributed by atoms with Gasteiger partial charge in [-0.15, -0.1) is 0 Å². The Balaban J connectivity index is 1.45. The van der Waals surface area contributed by atoms with Crippen molar-refractivity contribution in [1.82, 2.24) is 19.6 Å². The second-order valence-corrected chi connectivity index (χ2v) is 7.75. The minimum absolute atomic E-state index is 0.0371. The summed E-state index contributed by atoms with van der Waals surface area (Å²) in [5.41, 5.74) is 0.221. The number of halogens is 5. The van der Waals surface area contributed by atoms with Crippen LogP contribution in [0.2, 0.25) is 10.0 Å². The number of aromatic nitrogens is 4. The maximum atomic E-state index is 13.9. The Morgan fingerprint density at radius 3 is 2.67 bits per heavy atom. The smallest absolute Gasteiger partial charge is 0.283 e. The quantitative estimate of drug-likeness (QED) is 0.541. The van der Waals surface area contributed by atoms with Gasteiger partial charge in [0.05, 0.1) is 17.3 Å². The van der Waals surface area contributed by atoms with E-state index < -0.39 is 23.8 Å². The Labute approximate surface area is 179 Å². The number of nitrogens with zero attached hydrogens (tertiary/aromatic N) is 4. The molecule has 1 aliphatic carbocycles. The van der Waals surface area contributed by atoms with Crippen LogP contribution in [-0.2, 0) is 17.9 Å². The second-order valence-electron chi connectivity index (χ2n) is 6.96. The molecule has 6 nitrogen and oxygen atoms in total. The number of benzene rings is 1. The van der Waals surface area contributed by atoms with Crippen LogP contribution < -0.4 is 5.32 Å².